The van der Waals surface area contributed by atoms with Crippen molar-refractivity contribution in [2.24, 2.45) is 5.92 Å². The van der Waals surface area contributed by atoms with Crippen molar-refractivity contribution in [2.45, 2.75) is 39.8 Å². The van der Waals surface area contributed by atoms with Gasteiger partial charge in [0.25, 0.3) is 0 Å². The summed E-state index contributed by atoms with van der Waals surface area (Å²) < 4.78 is 0. The van der Waals surface area contributed by atoms with Crippen LogP contribution in [0.5, 0.6) is 0 Å². The van der Waals surface area contributed by atoms with Crippen LogP contribution >= 0.6 is 0 Å². The Balaban J connectivity index is 2.08. The Morgan fingerprint density at radius 1 is 1.17 bits per heavy atom. The van der Waals surface area contributed by atoms with Crippen molar-refractivity contribution in [3.05, 3.63) is 42.2 Å². The van der Waals surface area contributed by atoms with Gasteiger partial charge < -0.3 is 5.32 Å². The Kier molecular flexibility index (Phi) is 4.32. The van der Waals surface area contributed by atoms with Gasteiger partial charge in [-0.15, -0.1) is 0 Å². The van der Waals surface area contributed by atoms with E-state index in [0.717, 1.165) is 12.5 Å². The molecule has 0 amide bonds. The van der Waals surface area contributed by atoms with Gasteiger partial charge in [-0.3, -0.25) is 4.98 Å². The lowest BCUT2D eigenvalue weighted by molar-refractivity contribution is 0.442. The maximum atomic E-state index is 4.17. The fourth-order valence-electron chi connectivity index (χ4n) is 2.42. The van der Waals surface area contributed by atoms with Gasteiger partial charge in [0.05, 0.1) is 0 Å². The first-order chi connectivity index (χ1) is 8.66. The van der Waals surface area contributed by atoms with E-state index in [2.05, 4.69) is 55.3 Å². The minimum atomic E-state index is 0.557. The zero-order valence-corrected chi connectivity index (χ0v) is 11.5. The number of nitrogens with zero attached hydrogens (tertiary/aromatic N) is 1. The highest BCUT2D eigenvalue weighted by Crippen LogP contribution is 2.17. The highest BCUT2D eigenvalue weighted by Gasteiger charge is 2.05. The molecule has 0 radical (unpaired) electrons. The third-order valence-corrected chi connectivity index (χ3v) is 3.24. The number of hydrogen-bond donors (Lipinski definition) is 1. The molecule has 2 nitrogen and oxygen atoms in total. The first-order valence-electron chi connectivity index (χ1n) is 6.72. The topological polar surface area (TPSA) is 24.9 Å². The number of hydrogen-bond acceptors (Lipinski definition) is 2. The number of benzene rings is 1. The molecule has 0 aliphatic carbocycles. The summed E-state index contributed by atoms with van der Waals surface area (Å²) in [5, 5.41) is 6.12. The van der Waals surface area contributed by atoms with Crippen LogP contribution in [0.3, 0.4) is 0 Å². The van der Waals surface area contributed by atoms with Gasteiger partial charge in [-0.2, -0.15) is 0 Å². The summed E-state index contributed by atoms with van der Waals surface area (Å²) in [6.45, 7) is 7.71. The average molecular weight is 242 g/mol. The second-order valence-electron chi connectivity index (χ2n) is 5.43. The maximum Gasteiger partial charge on any atom is 0.0346 e. The maximum absolute atomic E-state index is 4.17. The summed E-state index contributed by atoms with van der Waals surface area (Å²) in [6.07, 6.45) is 5.01. The molecule has 2 aromatic rings. The van der Waals surface area contributed by atoms with Gasteiger partial charge in [0.1, 0.15) is 0 Å². The molecule has 2 rings (SSSR count). The Bertz CT molecular complexity index is 500. The van der Waals surface area contributed by atoms with Crippen molar-refractivity contribution in [1.29, 1.82) is 0 Å². The normalized spacial score (nSPS) is 13.1. The van der Waals surface area contributed by atoms with Crippen molar-refractivity contribution in [1.82, 2.24) is 10.3 Å². The first kappa shape index (κ1) is 13.0. The van der Waals surface area contributed by atoms with Crippen molar-refractivity contribution >= 4 is 10.8 Å². The summed E-state index contributed by atoms with van der Waals surface area (Å²) in [5.74, 6) is 0.740. The van der Waals surface area contributed by atoms with E-state index in [9.17, 15) is 0 Å². The van der Waals surface area contributed by atoms with Crippen molar-refractivity contribution in [3.63, 3.8) is 0 Å². The lowest BCUT2D eigenvalue weighted by Gasteiger charge is -2.16. The van der Waals surface area contributed by atoms with Crippen LogP contribution in [0.15, 0.2) is 36.7 Å². The Morgan fingerprint density at radius 2 is 2.00 bits per heavy atom. The van der Waals surface area contributed by atoms with Crippen LogP contribution in [0.2, 0.25) is 0 Å². The van der Waals surface area contributed by atoms with Crippen LogP contribution in [0.4, 0.5) is 0 Å². The van der Waals surface area contributed by atoms with Gasteiger partial charge in [0, 0.05) is 30.4 Å². The van der Waals surface area contributed by atoms with Gasteiger partial charge in [-0.1, -0.05) is 32.0 Å². The summed E-state index contributed by atoms with van der Waals surface area (Å²) in [7, 11) is 0. The van der Waals surface area contributed by atoms with Crippen molar-refractivity contribution in [2.75, 3.05) is 0 Å². The van der Waals surface area contributed by atoms with E-state index >= 15 is 0 Å². The van der Waals surface area contributed by atoms with Gasteiger partial charge in [0.2, 0.25) is 0 Å². The van der Waals surface area contributed by atoms with Gasteiger partial charge in [-0.05, 0) is 36.3 Å². The largest absolute Gasteiger partial charge is 0.310 e. The van der Waals surface area contributed by atoms with Gasteiger partial charge in [0.15, 0.2) is 0 Å². The monoisotopic (exact) mass is 242 g/mol. The van der Waals surface area contributed by atoms with E-state index in [1.807, 2.05) is 12.4 Å². The molecule has 1 heterocycles. The van der Waals surface area contributed by atoms with Crippen molar-refractivity contribution < 1.29 is 0 Å². The molecule has 0 bridgehead atoms. The van der Waals surface area contributed by atoms with E-state index in [0.29, 0.717) is 6.04 Å². The number of nitrogens with one attached hydrogen (secondary N) is 1. The second kappa shape index (κ2) is 5.96. The average Bonchev–Trinajstić information content (AvgIpc) is 2.35. The minimum Gasteiger partial charge on any atom is -0.310 e. The molecule has 1 atom stereocenters. The number of pyridine rings is 1. The minimum absolute atomic E-state index is 0.557. The number of aromatic nitrogens is 1. The summed E-state index contributed by atoms with van der Waals surface area (Å²) in [6, 6.07) is 9.07. The highest BCUT2D eigenvalue weighted by atomic mass is 14.9. The summed E-state index contributed by atoms with van der Waals surface area (Å²) in [5.41, 5.74) is 1.35. The van der Waals surface area contributed by atoms with Crippen LogP contribution in [0.1, 0.15) is 32.8 Å². The van der Waals surface area contributed by atoms with E-state index < -0.39 is 0 Å². The second-order valence-corrected chi connectivity index (χ2v) is 5.43. The Morgan fingerprint density at radius 3 is 2.78 bits per heavy atom. The Labute approximate surface area is 109 Å². The smallest absolute Gasteiger partial charge is 0.0346 e. The number of fused-ring (bicyclic) bond motifs is 1. The molecule has 0 aliphatic heterocycles. The zero-order chi connectivity index (χ0) is 13.0. The lowest BCUT2D eigenvalue weighted by Crippen LogP contribution is -2.26. The molecule has 2 heteroatoms. The third-order valence-electron chi connectivity index (χ3n) is 3.24. The molecule has 0 spiro atoms. The summed E-state index contributed by atoms with van der Waals surface area (Å²) >= 11 is 0. The Hall–Kier alpha value is -1.41. The van der Waals surface area contributed by atoms with Crippen LogP contribution in [-0.2, 0) is 6.54 Å². The molecule has 0 fully saturated rings. The summed E-state index contributed by atoms with van der Waals surface area (Å²) in [4.78, 5) is 4.17. The molecule has 18 heavy (non-hydrogen) atoms. The third kappa shape index (κ3) is 3.30. The quantitative estimate of drug-likeness (QED) is 0.863. The SMILES string of the molecule is CC(C)CC(C)NCc1cccc2cnccc12. The van der Waals surface area contributed by atoms with Crippen LogP contribution in [-0.4, -0.2) is 11.0 Å². The molecule has 0 saturated heterocycles. The van der Waals surface area contributed by atoms with E-state index in [4.69, 9.17) is 0 Å². The fraction of sp³-hybridized carbons (Fsp3) is 0.438. The molecular formula is C16H22N2. The van der Waals surface area contributed by atoms with Crippen LogP contribution in [0.25, 0.3) is 10.8 Å². The fourth-order valence-corrected chi connectivity index (χ4v) is 2.42. The van der Waals surface area contributed by atoms with Gasteiger partial charge in [-0.25, -0.2) is 0 Å². The zero-order valence-electron chi connectivity index (χ0n) is 11.5. The predicted octanol–water partition coefficient (Wildman–Crippen LogP) is 3.76. The standard InChI is InChI=1S/C16H22N2/c1-12(2)9-13(3)18-11-15-6-4-5-14-10-17-8-7-16(14)15/h4-8,10,12-13,18H,9,11H2,1-3H3. The molecule has 96 valence electrons. The molecular weight excluding hydrogens is 220 g/mol. The molecule has 1 aromatic heterocycles. The molecule has 0 saturated carbocycles. The predicted molar refractivity (Wildman–Crippen MR) is 77.5 cm³/mol. The van der Waals surface area contributed by atoms with E-state index in [1.54, 1.807) is 0 Å². The number of rotatable bonds is 5. The molecule has 1 N–H and O–H groups in total. The van der Waals surface area contributed by atoms with Crippen LogP contribution in [0, 0.1) is 5.92 Å². The van der Waals surface area contributed by atoms with Crippen LogP contribution < -0.4 is 5.32 Å². The highest BCUT2D eigenvalue weighted by molar-refractivity contribution is 5.84. The molecule has 1 aromatic carbocycles. The molecule has 0 aliphatic rings. The van der Waals surface area contributed by atoms with Crippen molar-refractivity contribution in [3.8, 4) is 0 Å². The first-order valence-corrected chi connectivity index (χ1v) is 6.72. The van der Waals surface area contributed by atoms with E-state index in [-0.39, 0.29) is 0 Å². The molecule has 1 unspecified atom stereocenters. The van der Waals surface area contributed by atoms with E-state index in [1.165, 1.54) is 22.8 Å². The lowest BCUT2D eigenvalue weighted by atomic mass is 10.0. The van der Waals surface area contributed by atoms with Gasteiger partial charge >= 0.3 is 0 Å².